The van der Waals surface area contributed by atoms with Crippen LogP contribution in [0.15, 0.2) is 11.0 Å². The number of aryl methyl sites for hydroxylation is 1. The van der Waals surface area contributed by atoms with Crippen LogP contribution < -0.4 is 15.8 Å². The van der Waals surface area contributed by atoms with E-state index >= 15 is 0 Å². The lowest BCUT2D eigenvalue weighted by molar-refractivity contribution is 0.182. The van der Waals surface area contributed by atoms with Gasteiger partial charge in [0, 0.05) is 39.8 Å². The van der Waals surface area contributed by atoms with Crippen molar-refractivity contribution in [3.8, 4) is 0 Å². The molecule has 3 rings (SSSR count). The number of piperazine rings is 1. The molecule has 1 fully saturated rings. The summed E-state index contributed by atoms with van der Waals surface area (Å²) in [7, 11) is 1.61. The van der Waals surface area contributed by atoms with Crippen molar-refractivity contribution in [2.75, 3.05) is 44.8 Å². The number of rotatable bonds is 5. The molecule has 0 atom stereocenters. The Balaban J connectivity index is 2.07. The van der Waals surface area contributed by atoms with Crippen molar-refractivity contribution in [2.24, 2.45) is 0 Å². The first kappa shape index (κ1) is 15.0. The van der Waals surface area contributed by atoms with Crippen LogP contribution in [0.5, 0.6) is 0 Å². The van der Waals surface area contributed by atoms with Gasteiger partial charge in [-0.05, 0) is 6.92 Å². The number of anilines is 1. The summed E-state index contributed by atoms with van der Waals surface area (Å²) >= 11 is 0. The molecule has 0 amide bonds. The molecule has 0 unspecified atom stereocenters. The Morgan fingerprint density at radius 1 is 1.36 bits per heavy atom. The van der Waals surface area contributed by atoms with E-state index in [2.05, 4.69) is 20.3 Å². The van der Waals surface area contributed by atoms with Crippen LogP contribution in [0, 0.1) is 0 Å². The number of hydrogen-bond donors (Lipinski definition) is 1. The number of ether oxygens (including phenoxy) is 1. The Hall–Kier alpha value is -1.93. The third-order valence-electron chi connectivity index (χ3n) is 3.95. The van der Waals surface area contributed by atoms with Gasteiger partial charge in [0.05, 0.1) is 19.3 Å². The molecule has 0 bridgehead atoms. The first-order valence-corrected chi connectivity index (χ1v) is 7.67. The van der Waals surface area contributed by atoms with Gasteiger partial charge in [-0.15, -0.1) is 0 Å². The van der Waals surface area contributed by atoms with Crippen molar-refractivity contribution in [3.63, 3.8) is 0 Å². The molecule has 1 N–H and O–H groups in total. The molecular weight excluding hydrogens is 284 g/mol. The van der Waals surface area contributed by atoms with Crippen LogP contribution in [-0.4, -0.2) is 59.2 Å². The zero-order valence-corrected chi connectivity index (χ0v) is 13.1. The lowest BCUT2D eigenvalue weighted by Gasteiger charge is -2.28. The molecule has 8 nitrogen and oxygen atoms in total. The molecule has 2 aromatic heterocycles. The average molecular weight is 306 g/mol. The highest BCUT2D eigenvalue weighted by Crippen LogP contribution is 2.20. The minimum atomic E-state index is -0.106. The van der Waals surface area contributed by atoms with E-state index in [4.69, 9.17) is 4.74 Å². The second-order valence-electron chi connectivity index (χ2n) is 5.29. The molecular formula is C14H22N6O2. The van der Waals surface area contributed by atoms with Gasteiger partial charge in [0.2, 0.25) is 5.95 Å². The Morgan fingerprint density at radius 3 is 2.82 bits per heavy atom. The van der Waals surface area contributed by atoms with E-state index in [-0.39, 0.29) is 5.56 Å². The molecule has 8 heteroatoms. The van der Waals surface area contributed by atoms with Gasteiger partial charge in [-0.1, -0.05) is 0 Å². The van der Waals surface area contributed by atoms with Gasteiger partial charge >= 0.3 is 0 Å². The predicted octanol–water partition coefficient (Wildman–Crippen LogP) is -0.331. The van der Waals surface area contributed by atoms with E-state index in [0.717, 1.165) is 32.1 Å². The van der Waals surface area contributed by atoms with E-state index in [1.165, 1.54) is 4.68 Å². The fourth-order valence-corrected chi connectivity index (χ4v) is 2.82. The lowest BCUT2D eigenvalue weighted by Crippen LogP contribution is -2.44. The number of nitrogens with one attached hydrogen (secondary N) is 1. The van der Waals surface area contributed by atoms with Gasteiger partial charge in [0.1, 0.15) is 11.0 Å². The van der Waals surface area contributed by atoms with Crippen LogP contribution in [0.4, 0.5) is 5.95 Å². The molecule has 22 heavy (non-hydrogen) atoms. The van der Waals surface area contributed by atoms with Crippen molar-refractivity contribution in [2.45, 2.75) is 20.0 Å². The number of fused-ring (bicyclic) bond motifs is 1. The maximum absolute atomic E-state index is 12.7. The quantitative estimate of drug-likeness (QED) is 0.815. The summed E-state index contributed by atoms with van der Waals surface area (Å²) in [6, 6.07) is 0. The Kier molecular flexibility index (Phi) is 4.39. The van der Waals surface area contributed by atoms with E-state index in [1.807, 2.05) is 11.5 Å². The Bertz CT molecular complexity index is 701. The van der Waals surface area contributed by atoms with Crippen molar-refractivity contribution in [1.82, 2.24) is 24.6 Å². The van der Waals surface area contributed by atoms with Crippen LogP contribution in [0.3, 0.4) is 0 Å². The topological polar surface area (TPSA) is 77.2 Å². The highest BCUT2D eigenvalue weighted by atomic mass is 16.5. The maximum atomic E-state index is 12.7. The molecule has 0 aromatic carbocycles. The SMILES string of the molecule is CCn1c(N2CCNCC2)nc2cnn(CCOC)c(=O)c21. The fraction of sp³-hybridized carbons (Fsp3) is 0.643. The fourth-order valence-electron chi connectivity index (χ4n) is 2.82. The summed E-state index contributed by atoms with van der Waals surface area (Å²) in [4.78, 5) is 19.5. The first-order valence-electron chi connectivity index (χ1n) is 7.67. The Labute approximate surface area is 128 Å². The summed E-state index contributed by atoms with van der Waals surface area (Å²) in [6.45, 7) is 7.31. The zero-order chi connectivity index (χ0) is 15.5. The van der Waals surface area contributed by atoms with Crippen LogP contribution in [0.2, 0.25) is 0 Å². The molecule has 2 aromatic rings. The van der Waals surface area contributed by atoms with Crippen LogP contribution in [-0.2, 0) is 17.8 Å². The summed E-state index contributed by atoms with van der Waals surface area (Å²) < 4.78 is 8.47. The molecule has 1 aliphatic heterocycles. The maximum Gasteiger partial charge on any atom is 0.293 e. The van der Waals surface area contributed by atoms with E-state index < -0.39 is 0 Å². The molecule has 0 radical (unpaired) electrons. The second-order valence-corrected chi connectivity index (χ2v) is 5.29. The minimum Gasteiger partial charge on any atom is -0.383 e. The minimum absolute atomic E-state index is 0.106. The van der Waals surface area contributed by atoms with E-state index in [0.29, 0.717) is 30.7 Å². The highest BCUT2D eigenvalue weighted by Gasteiger charge is 2.20. The van der Waals surface area contributed by atoms with Gasteiger partial charge in [-0.3, -0.25) is 4.79 Å². The number of imidazole rings is 1. The third kappa shape index (κ3) is 2.59. The summed E-state index contributed by atoms with van der Waals surface area (Å²) in [5.74, 6) is 0.863. The molecule has 1 saturated heterocycles. The lowest BCUT2D eigenvalue weighted by atomic mass is 10.4. The normalized spacial score (nSPS) is 15.6. The van der Waals surface area contributed by atoms with Crippen molar-refractivity contribution < 1.29 is 4.74 Å². The largest absolute Gasteiger partial charge is 0.383 e. The molecule has 0 saturated carbocycles. The first-order chi connectivity index (χ1) is 10.8. The van der Waals surface area contributed by atoms with Crippen molar-refractivity contribution >= 4 is 17.0 Å². The zero-order valence-electron chi connectivity index (χ0n) is 13.1. The van der Waals surface area contributed by atoms with E-state index in [9.17, 15) is 4.79 Å². The summed E-state index contributed by atoms with van der Waals surface area (Å²) in [5, 5.41) is 7.52. The molecule has 0 aliphatic carbocycles. The van der Waals surface area contributed by atoms with Gasteiger partial charge in [0.15, 0.2) is 0 Å². The number of nitrogens with zero attached hydrogens (tertiary/aromatic N) is 5. The monoisotopic (exact) mass is 306 g/mol. The highest BCUT2D eigenvalue weighted by molar-refractivity contribution is 5.77. The molecule has 0 spiro atoms. The standard InChI is InChI=1S/C14H22N6O2/c1-3-19-12-11(10-16-20(13(12)21)8-9-22-2)17-14(19)18-6-4-15-5-7-18/h10,15H,3-9H2,1-2H3. The second kappa shape index (κ2) is 6.45. The average Bonchev–Trinajstić information content (AvgIpc) is 2.94. The van der Waals surface area contributed by atoms with Crippen molar-refractivity contribution in [1.29, 1.82) is 0 Å². The third-order valence-corrected chi connectivity index (χ3v) is 3.95. The smallest absolute Gasteiger partial charge is 0.293 e. The number of aromatic nitrogens is 4. The summed E-state index contributed by atoms with van der Waals surface area (Å²) in [6.07, 6.45) is 1.67. The van der Waals surface area contributed by atoms with Gasteiger partial charge in [-0.25, -0.2) is 9.67 Å². The molecule has 120 valence electrons. The number of hydrogen-bond acceptors (Lipinski definition) is 6. The van der Waals surface area contributed by atoms with Crippen LogP contribution >= 0.6 is 0 Å². The summed E-state index contributed by atoms with van der Waals surface area (Å²) in [5.41, 5.74) is 1.18. The van der Waals surface area contributed by atoms with Crippen molar-refractivity contribution in [3.05, 3.63) is 16.6 Å². The molecule has 3 heterocycles. The molecule has 1 aliphatic rings. The van der Waals surface area contributed by atoms with Gasteiger partial charge in [-0.2, -0.15) is 5.10 Å². The van der Waals surface area contributed by atoms with Crippen LogP contribution in [0.1, 0.15) is 6.92 Å². The predicted molar refractivity (Wildman–Crippen MR) is 84.4 cm³/mol. The van der Waals surface area contributed by atoms with Crippen LogP contribution in [0.25, 0.3) is 11.0 Å². The number of methoxy groups -OCH3 is 1. The van der Waals surface area contributed by atoms with Gasteiger partial charge in [0.25, 0.3) is 5.56 Å². The Morgan fingerprint density at radius 2 is 2.14 bits per heavy atom. The van der Waals surface area contributed by atoms with E-state index in [1.54, 1.807) is 13.3 Å². The van der Waals surface area contributed by atoms with Gasteiger partial charge < -0.3 is 19.5 Å².